The molecule has 0 aromatic heterocycles. The highest BCUT2D eigenvalue weighted by molar-refractivity contribution is 14.1. The lowest BCUT2D eigenvalue weighted by Gasteiger charge is -2.37. The van der Waals surface area contributed by atoms with Crippen LogP contribution in [0, 0.1) is 14.8 Å². The topological polar surface area (TPSA) is 66.4 Å². The number of carbonyl (C=O) groups excluding carboxylic acids is 1. The maximum atomic E-state index is 12.9. The molecule has 1 aromatic carbocycles. The first kappa shape index (κ1) is 14.2. The molecule has 1 aliphatic rings. The number of amides is 1. The molecular weight excluding hydrogens is 364 g/mol. The van der Waals surface area contributed by atoms with E-state index in [1.807, 2.05) is 22.6 Å². The van der Waals surface area contributed by atoms with E-state index in [1.54, 1.807) is 0 Å². The minimum atomic E-state index is -0.868. The minimum absolute atomic E-state index is 0.120. The highest BCUT2D eigenvalue weighted by Gasteiger charge is 2.44. The monoisotopic (exact) mass is 377 g/mol. The molecule has 0 radical (unpaired) electrons. The van der Waals surface area contributed by atoms with Gasteiger partial charge in [-0.15, -0.1) is 0 Å². The second-order valence-electron chi connectivity index (χ2n) is 4.75. The predicted octanol–water partition coefficient (Wildman–Crippen LogP) is 2.42. The van der Waals surface area contributed by atoms with Gasteiger partial charge in [0.2, 0.25) is 0 Å². The summed E-state index contributed by atoms with van der Waals surface area (Å²) < 4.78 is 13.4. The van der Waals surface area contributed by atoms with E-state index in [1.165, 1.54) is 18.2 Å². The summed E-state index contributed by atoms with van der Waals surface area (Å²) in [7, 11) is 0. The van der Waals surface area contributed by atoms with Crippen molar-refractivity contribution >= 4 is 34.5 Å². The summed E-state index contributed by atoms with van der Waals surface area (Å²) in [6, 6.07) is 3.89. The molecule has 0 bridgehead atoms. The van der Waals surface area contributed by atoms with Crippen LogP contribution in [0.2, 0.25) is 0 Å². The summed E-state index contributed by atoms with van der Waals surface area (Å²) in [6.45, 7) is 0.120. The molecule has 102 valence electrons. The summed E-state index contributed by atoms with van der Waals surface area (Å²) in [5, 5.41) is 11.8. The lowest BCUT2D eigenvalue weighted by atomic mass is 9.69. The molecule has 2 rings (SSSR count). The van der Waals surface area contributed by atoms with E-state index < -0.39 is 17.2 Å². The van der Waals surface area contributed by atoms with Gasteiger partial charge >= 0.3 is 5.97 Å². The van der Waals surface area contributed by atoms with Gasteiger partial charge in [0.25, 0.3) is 5.91 Å². The second kappa shape index (κ2) is 5.44. The van der Waals surface area contributed by atoms with Crippen LogP contribution >= 0.6 is 22.6 Å². The molecular formula is C13H13FINO3. The minimum Gasteiger partial charge on any atom is -0.481 e. The molecule has 1 aliphatic carbocycles. The van der Waals surface area contributed by atoms with Gasteiger partial charge in [-0.1, -0.05) is 6.42 Å². The van der Waals surface area contributed by atoms with E-state index in [0.717, 1.165) is 6.42 Å². The first-order valence-corrected chi connectivity index (χ1v) is 6.99. The Balaban J connectivity index is 2.03. The number of hydrogen-bond acceptors (Lipinski definition) is 2. The third-order valence-electron chi connectivity index (χ3n) is 3.53. The Labute approximate surface area is 123 Å². The Kier molecular flexibility index (Phi) is 4.07. The number of hydrogen-bond donors (Lipinski definition) is 2. The summed E-state index contributed by atoms with van der Waals surface area (Å²) in [5.74, 6) is -1.63. The molecule has 0 atom stereocenters. The van der Waals surface area contributed by atoms with Crippen molar-refractivity contribution < 1.29 is 19.1 Å². The quantitative estimate of drug-likeness (QED) is 0.793. The average Bonchev–Trinajstić information content (AvgIpc) is 2.26. The second-order valence-corrected chi connectivity index (χ2v) is 5.91. The van der Waals surface area contributed by atoms with Crippen LogP contribution < -0.4 is 5.32 Å². The maximum Gasteiger partial charge on any atom is 0.311 e. The first-order valence-electron chi connectivity index (χ1n) is 5.91. The summed E-state index contributed by atoms with van der Waals surface area (Å²) >= 11 is 1.88. The van der Waals surface area contributed by atoms with Crippen LogP contribution in [0.4, 0.5) is 4.39 Å². The Morgan fingerprint density at radius 2 is 2.11 bits per heavy atom. The van der Waals surface area contributed by atoms with Crippen LogP contribution in [0.15, 0.2) is 18.2 Å². The molecule has 19 heavy (non-hydrogen) atoms. The van der Waals surface area contributed by atoms with Crippen LogP contribution in [0.5, 0.6) is 0 Å². The van der Waals surface area contributed by atoms with Gasteiger partial charge in [0.1, 0.15) is 5.82 Å². The molecule has 0 aliphatic heterocycles. The number of rotatable bonds is 4. The molecule has 0 saturated heterocycles. The zero-order chi connectivity index (χ0) is 14.0. The SMILES string of the molecule is O=C(NCC1(C(=O)O)CCC1)c1ccc(F)cc1I. The molecule has 4 nitrogen and oxygen atoms in total. The average molecular weight is 377 g/mol. The molecule has 1 saturated carbocycles. The van der Waals surface area contributed by atoms with E-state index >= 15 is 0 Å². The van der Waals surface area contributed by atoms with Crippen molar-refractivity contribution in [3.05, 3.63) is 33.1 Å². The van der Waals surface area contributed by atoms with Crippen LogP contribution in [-0.4, -0.2) is 23.5 Å². The number of halogens is 2. The fourth-order valence-electron chi connectivity index (χ4n) is 2.09. The van der Waals surface area contributed by atoms with Gasteiger partial charge in [0.15, 0.2) is 0 Å². The number of carbonyl (C=O) groups is 2. The van der Waals surface area contributed by atoms with E-state index in [2.05, 4.69) is 5.32 Å². The van der Waals surface area contributed by atoms with Crippen molar-refractivity contribution in [3.63, 3.8) is 0 Å². The van der Waals surface area contributed by atoms with Gasteiger partial charge in [-0.3, -0.25) is 9.59 Å². The van der Waals surface area contributed by atoms with E-state index in [9.17, 15) is 14.0 Å². The van der Waals surface area contributed by atoms with Gasteiger partial charge < -0.3 is 10.4 Å². The fourth-order valence-corrected chi connectivity index (χ4v) is 2.81. The lowest BCUT2D eigenvalue weighted by Crippen LogP contribution is -2.47. The van der Waals surface area contributed by atoms with Gasteiger partial charge in [0, 0.05) is 10.1 Å². The maximum absolute atomic E-state index is 12.9. The molecule has 0 spiro atoms. The summed E-state index contributed by atoms with van der Waals surface area (Å²) in [6.07, 6.45) is 2.04. The molecule has 1 amide bonds. The molecule has 6 heteroatoms. The van der Waals surface area contributed by atoms with Crippen LogP contribution in [0.1, 0.15) is 29.6 Å². The number of aliphatic carboxylic acids is 1. The molecule has 1 aromatic rings. The Bertz CT molecular complexity index is 529. The van der Waals surface area contributed by atoms with Crippen molar-refractivity contribution in [3.8, 4) is 0 Å². The van der Waals surface area contributed by atoms with Crippen molar-refractivity contribution in [2.75, 3.05) is 6.54 Å². The van der Waals surface area contributed by atoms with Crippen LogP contribution in [0.25, 0.3) is 0 Å². The molecule has 0 unspecified atom stereocenters. The van der Waals surface area contributed by atoms with Crippen molar-refractivity contribution in [1.29, 1.82) is 0 Å². The van der Waals surface area contributed by atoms with Crippen molar-refractivity contribution in [2.45, 2.75) is 19.3 Å². The number of carboxylic acid groups (broad SMARTS) is 1. The first-order chi connectivity index (χ1) is 8.94. The van der Waals surface area contributed by atoms with Gasteiger partial charge in [-0.25, -0.2) is 4.39 Å². The normalized spacial score (nSPS) is 16.5. The molecule has 2 N–H and O–H groups in total. The van der Waals surface area contributed by atoms with Crippen molar-refractivity contribution in [1.82, 2.24) is 5.32 Å². The highest BCUT2D eigenvalue weighted by Crippen LogP contribution is 2.40. The van der Waals surface area contributed by atoms with E-state index in [-0.39, 0.29) is 12.5 Å². The Hall–Kier alpha value is -1.18. The fraction of sp³-hybridized carbons (Fsp3) is 0.385. The molecule has 0 heterocycles. The van der Waals surface area contributed by atoms with E-state index in [4.69, 9.17) is 5.11 Å². The largest absolute Gasteiger partial charge is 0.481 e. The Morgan fingerprint density at radius 1 is 1.42 bits per heavy atom. The zero-order valence-electron chi connectivity index (χ0n) is 10.1. The van der Waals surface area contributed by atoms with Gasteiger partial charge in [0.05, 0.1) is 11.0 Å². The predicted molar refractivity (Wildman–Crippen MR) is 75.4 cm³/mol. The number of carboxylic acids is 1. The lowest BCUT2D eigenvalue weighted by molar-refractivity contribution is -0.153. The smallest absolute Gasteiger partial charge is 0.311 e. The number of nitrogens with one attached hydrogen (secondary N) is 1. The number of benzene rings is 1. The van der Waals surface area contributed by atoms with Gasteiger partial charge in [-0.05, 0) is 53.6 Å². The summed E-state index contributed by atoms with van der Waals surface area (Å²) in [5.41, 5.74) is -0.455. The standard InChI is InChI=1S/C13H13FINO3/c14-8-2-3-9(10(15)6-8)11(17)16-7-13(12(18)19)4-1-5-13/h2-3,6H,1,4-5,7H2,(H,16,17)(H,18,19). The molecule has 1 fully saturated rings. The Morgan fingerprint density at radius 3 is 2.58 bits per heavy atom. The van der Waals surface area contributed by atoms with Crippen LogP contribution in [0.3, 0.4) is 0 Å². The third kappa shape index (κ3) is 2.88. The van der Waals surface area contributed by atoms with Crippen molar-refractivity contribution in [2.24, 2.45) is 5.41 Å². The van der Waals surface area contributed by atoms with Crippen LogP contribution in [-0.2, 0) is 4.79 Å². The zero-order valence-corrected chi connectivity index (χ0v) is 12.2. The third-order valence-corrected chi connectivity index (χ3v) is 4.42. The highest BCUT2D eigenvalue weighted by atomic mass is 127. The van der Waals surface area contributed by atoms with Gasteiger partial charge in [-0.2, -0.15) is 0 Å². The summed E-state index contributed by atoms with van der Waals surface area (Å²) in [4.78, 5) is 23.1. The van der Waals surface area contributed by atoms with E-state index in [0.29, 0.717) is 22.0 Å².